The minimum Gasteiger partial charge on any atom is -0.339 e. The van der Waals surface area contributed by atoms with E-state index in [-0.39, 0.29) is 5.91 Å². The molecule has 4 rings (SSSR count). The first kappa shape index (κ1) is 15.8. The van der Waals surface area contributed by atoms with Gasteiger partial charge in [0.15, 0.2) is 5.65 Å². The number of hydrogen-bond acceptors (Lipinski definition) is 5. The molecule has 0 unspecified atom stereocenters. The van der Waals surface area contributed by atoms with E-state index in [0.29, 0.717) is 23.7 Å². The van der Waals surface area contributed by atoms with E-state index in [9.17, 15) is 4.79 Å². The van der Waals surface area contributed by atoms with Crippen LogP contribution in [-0.2, 0) is 0 Å². The van der Waals surface area contributed by atoms with Crippen LogP contribution in [0.15, 0.2) is 42.9 Å². The molecule has 1 amide bonds. The first-order valence-corrected chi connectivity index (χ1v) is 8.55. The molecule has 0 aliphatic carbocycles. The molecule has 1 aliphatic rings. The van der Waals surface area contributed by atoms with E-state index >= 15 is 0 Å². The zero-order valence-corrected chi connectivity index (χ0v) is 14.3. The maximum Gasteiger partial charge on any atom is 0.254 e. The normalized spacial score (nSPS) is 15.4. The molecule has 128 valence electrons. The van der Waals surface area contributed by atoms with Crippen LogP contribution in [0.1, 0.15) is 16.8 Å². The largest absolute Gasteiger partial charge is 0.339 e. The van der Waals surface area contributed by atoms with Gasteiger partial charge in [0, 0.05) is 50.3 Å². The minimum atomic E-state index is 0.0402. The highest BCUT2D eigenvalue weighted by Gasteiger charge is 2.22. The molecule has 1 fully saturated rings. The van der Waals surface area contributed by atoms with Crippen molar-refractivity contribution < 1.29 is 4.79 Å². The fourth-order valence-electron chi connectivity index (χ4n) is 3.07. The van der Waals surface area contributed by atoms with Gasteiger partial charge in [-0.05, 0) is 30.7 Å². The van der Waals surface area contributed by atoms with Crippen LogP contribution in [-0.4, -0.2) is 56.6 Å². The van der Waals surface area contributed by atoms with Gasteiger partial charge in [0.25, 0.3) is 5.91 Å². The summed E-state index contributed by atoms with van der Waals surface area (Å²) < 4.78 is 1.89. The Balaban J connectivity index is 1.53. The molecule has 0 aromatic carbocycles. The lowest BCUT2D eigenvalue weighted by molar-refractivity contribution is 0.0767. The van der Waals surface area contributed by atoms with Gasteiger partial charge in [0.2, 0.25) is 5.95 Å². The average Bonchev–Trinajstić information content (AvgIpc) is 2.90. The Bertz CT molecular complexity index is 897. The number of fused-ring (bicyclic) bond motifs is 1. The topological polar surface area (TPSA) is 66.6 Å². The second-order valence-electron chi connectivity index (χ2n) is 5.94. The predicted octanol–water partition coefficient (Wildman–Crippen LogP) is 2.13. The van der Waals surface area contributed by atoms with Crippen LogP contribution >= 0.6 is 11.6 Å². The molecule has 0 atom stereocenters. The van der Waals surface area contributed by atoms with Gasteiger partial charge in [-0.15, -0.1) is 10.2 Å². The number of halogens is 1. The van der Waals surface area contributed by atoms with E-state index in [0.717, 1.165) is 31.1 Å². The Morgan fingerprint density at radius 1 is 1.00 bits per heavy atom. The summed E-state index contributed by atoms with van der Waals surface area (Å²) in [6.07, 6.45) is 5.97. The quantitative estimate of drug-likeness (QED) is 0.703. The molecule has 3 aromatic rings. The maximum absolute atomic E-state index is 12.6. The molecule has 8 heteroatoms. The molecule has 1 saturated heterocycles. The van der Waals surface area contributed by atoms with Crippen LogP contribution < -0.4 is 4.90 Å². The van der Waals surface area contributed by atoms with Crippen molar-refractivity contribution in [1.29, 1.82) is 0 Å². The van der Waals surface area contributed by atoms with Crippen LogP contribution in [0.4, 0.5) is 5.95 Å². The Labute approximate surface area is 149 Å². The minimum absolute atomic E-state index is 0.0402. The van der Waals surface area contributed by atoms with E-state index in [4.69, 9.17) is 11.6 Å². The third-order valence-electron chi connectivity index (χ3n) is 4.34. The van der Waals surface area contributed by atoms with Crippen molar-refractivity contribution in [1.82, 2.24) is 24.5 Å². The molecule has 3 aromatic heterocycles. The third-order valence-corrected chi connectivity index (χ3v) is 4.57. The number of nitrogens with zero attached hydrogens (tertiary/aromatic N) is 6. The van der Waals surface area contributed by atoms with Crippen molar-refractivity contribution in [3.63, 3.8) is 0 Å². The number of carbonyl (C=O) groups is 1. The SMILES string of the molecule is O=C(c1ccncc1)N1CCCN(c2nnc3ccc(Cl)cn23)CC1. The molecule has 0 N–H and O–H groups in total. The smallest absolute Gasteiger partial charge is 0.254 e. The lowest BCUT2D eigenvalue weighted by Crippen LogP contribution is -2.35. The van der Waals surface area contributed by atoms with Crippen molar-refractivity contribution >= 4 is 29.1 Å². The maximum atomic E-state index is 12.6. The first-order chi connectivity index (χ1) is 12.2. The van der Waals surface area contributed by atoms with E-state index in [2.05, 4.69) is 20.1 Å². The summed E-state index contributed by atoms with van der Waals surface area (Å²) in [5.74, 6) is 0.800. The van der Waals surface area contributed by atoms with Gasteiger partial charge < -0.3 is 9.80 Å². The number of carbonyl (C=O) groups excluding carboxylic acids is 1. The third kappa shape index (κ3) is 3.15. The van der Waals surface area contributed by atoms with Crippen molar-refractivity contribution in [2.45, 2.75) is 6.42 Å². The highest BCUT2D eigenvalue weighted by molar-refractivity contribution is 6.30. The second-order valence-corrected chi connectivity index (χ2v) is 6.38. The van der Waals surface area contributed by atoms with Gasteiger partial charge in [0.1, 0.15) is 0 Å². The zero-order chi connectivity index (χ0) is 17.2. The molecule has 1 aliphatic heterocycles. The molecule has 0 saturated carbocycles. The van der Waals surface area contributed by atoms with Gasteiger partial charge >= 0.3 is 0 Å². The van der Waals surface area contributed by atoms with Gasteiger partial charge in [-0.25, -0.2) is 0 Å². The lowest BCUT2D eigenvalue weighted by atomic mass is 10.2. The first-order valence-electron chi connectivity index (χ1n) is 8.17. The number of pyridine rings is 2. The Morgan fingerprint density at radius 3 is 2.68 bits per heavy atom. The highest BCUT2D eigenvalue weighted by Crippen LogP contribution is 2.19. The number of amides is 1. The summed E-state index contributed by atoms with van der Waals surface area (Å²) >= 11 is 6.10. The monoisotopic (exact) mass is 356 g/mol. The molecular weight excluding hydrogens is 340 g/mol. The lowest BCUT2D eigenvalue weighted by Gasteiger charge is -2.22. The van der Waals surface area contributed by atoms with Gasteiger partial charge in [0.05, 0.1) is 5.02 Å². The summed E-state index contributed by atoms with van der Waals surface area (Å²) in [6.45, 7) is 2.86. The van der Waals surface area contributed by atoms with E-state index in [1.54, 1.807) is 30.6 Å². The molecule has 0 radical (unpaired) electrons. The Kier molecular flexibility index (Phi) is 4.23. The highest BCUT2D eigenvalue weighted by atomic mass is 35.5. The summed E-state index contributed by atoms with van der Waals surface area (Å²) in [4.78, 5) is 20.6. The van der Waals surface area contributed by atoms with Crippen molar-refractivity contribution in [2.24, 2.45) is 0 Å². The fourth-order valence-corrected chi connectivity index (χ4v) is 3.23. The van der Waals surface area contributed by atoms with Gasteiger partial charge in [-0.3, -0.25) is 14.2 Å². The standard InChI is InChI=1S/C17H17ClN6O/c18-14-2-3-15-20-21-17(24(15)12-14)23-9-1-8-22(10-11-23)16(25)13-4-6-19-7-5-13/h2-7,12H,1,8-11H2. The van der Waals surface area contributed by atoms with Crippen LogP contribution in [0, 0.1) is 0 Å². The summed E-state index contributed by atoms with van der Waals surface area (Å²) in [7, 11) is 0. The molecule has 25 heavy (non-hydrogen) atoms. The Morgan fingerprint density at radius 2 is 1.84 bits per heavy atom. The summed E-state index contributed by atoms with van der Waals surface area (Å²) in [6, 6.07) is 7.14. The number of aromatic nitrogens is 4. The van der Waals surface area contributed by atoms with Crippen LogP contribution in [0.25, 0.3) is 5.65 Å². The second kappa shape index (κ2) is 6.68. The van der Waals surface area contributed by atoms with Crippen molar-refractivity contribution in [3.8, 4) is 0 Å². The average molecular weight is 357 g/mol. The summed E-state index contributed by atoms with van der Waals surface area (Å²) in [5.41, 5.74) is 1.43. The van der Waals surface area contributed by atoms with Crippen LogP contribution in [0.5, 0.6) is 0 Å². The zero-order valence-electron chi connectivity index (χ0n) is 13.5. The summed E-state index contributed by atoms with van der Waals surface area (Å²) in [5, 5.41) is 9.13. The van der Waals surface area contributed by atoms with Crippen LogP contribution in [0.3, 0.4) is 0 Å². The molecule has 0 spiro atoms. The number of hydrogen-bond donors (Lipinski definition) is 0. The van der Waals surface area contributed by atoms with E-state index in [1.165, 1.54) is 0 Å². The molecule has 0 bridgehead atoms. The molecular formula is C17H17ClN6O. The predicted molar refractivity (Wildman–Crippen MR) is 95.0 cm³/mol. The number of rotatable bonds is 2. The molecule has 4 heterocycles. The number of anilines is 1. The van der Waals surface area contributed by atoms with Crippen molar-refractivity contribution in [3.05, 3.63) is 53.4 Å². The van der Waals surface area contributed by atoms with E-state index in [1.807, 2.05) is 21.6 Å². The van der Waals surface area contributed by atoms with Gasteiger partial charge in [-0.1, -0.05) is 11.6 Å². The molecule has 7 nitrogen and oxygen atoms in total. The van der Waals surface area contributed by atoms with E-state index < -0.39 is 0 Å². The van der Waals surface area contributed by atoms with Gasteiger partial charge in [-0.2, -0.15) is 0 Å². The van der Waals surface area contributed by atoms with Crippen molar-refractivity contribution in [2.75, 3.05) is 31.1 Å². The Hall–Kier alpha value is -2.67. The fraction of sp³-hybridized carbons (Fsp3) is 0.294. The van der Waals surface area contributed by atoms with Crippen LogP contribution in [0.2, 0.25) is 5.02 Å².